The van der Waals surface area contributed by atoms with E-state index < -0.39 is 17.6 Å². The van der Waals surface area contributed by atoms with E-state index in [9.17, 15) is 19.2 Å². The van der Waals surface area contributed by atoms with Crippen LogP contribution in [0.25, 0.3) is 0 Å². The molecule has 9 heteroatoms. The maximum absolute atomic E-state index is 13.6. The lowest BCUT2D eigenvalue weighted by Gasteiger charge is -2.31. The van der Waals surface area contributed by atoms with Crippen LogP contribution in [0.5, 0.6) is 0 Å². The van der Waals surface area contributed by atoms with Crippen molar-refractivity contribution in [3.63, 3.8) is 0 Å². The Balaban J connectivity index is 1.33. The maximum atomic E-state index is 13.6. The van der Waals surface area contributed by atoms with Crippen LogP contribution in [0.1, 0.15) is 43.4 Å². The number of carbonyl (C=O) groups is 4. The molecular weight excluding hydrogens is 472 g/mol. The van der Waals surface area contributed by atoms with Crippen molar-refractivity contribution >= 4 is 29.2 Å². The maximum Gasteiger partial charge on any atom is 0.269 e. The van der Waals surface area contributed by atoms with Crippen LogP contribution in [-0.2, 0) is 42.5 Å². The Morgan fingerprint density at radius 2 is 1.89 bits per heavy atom. The van der Waals surface area contributed by atoms with E-state index in [4.69, 9.17) is 10.5 Å². The van der Waals surface area contributed by atoms with E-state index in [-0.39, 0.29) is 43.3 Å². The number of nitrogens with two attached hydrogens (primary N) is 1. The lowest BCUT2D eigenvalue weighted by atomic mass is 9.94. The molecule has 1 saturated carbocycles. The smallest absolute Gasteiger partial charge is 0.269 e. The summed E-state index contributed by atoms with van der Waals surface area (Å²) < 4.78 is 5.89. The molecule has 37 heavy (non-hydrogen) atoms. The van der Waals surface area contributed by atoms with Crippen molar-refractivity contribution in [2.75, 3.05) is 18.6 Å². The Kier molecular flexibility index (Phi) is 6.59. The first-order valence-corrected chi connectivity index (χ1v) is 12.7. The third kappa shape index (κ3) is 4.65. The molecule has 0 bridgehead atoms. The number of benzene rings is 2. The normalized spacial score (nSPS) is 22.2. The highest BCUT2D eigenvalue weighted by atomic mass is 16.5. The van der Waals surface area contributed by atoms with Gasteiger partial charge in [0.15, 0.2) is 5.78 Å². The first-order valence-electron chi connectivity index (χ1n) is 12.7. The molecule has 194 valence electrons. The third-order valence-corrected chi connectivity index (χ3v) is 7.57. The van der Waals surface area contributed by atoms with Gasteiger partial charge in [-0.15, -0.1) is 0 Å². The number of ether oxygens (including phenoxy) is 1. The summed E-state index contributed by atoms with van der Waals surface area (Å²) in [6.07, 6.45) is 2.18. The van der Waals surface area contributed by atoms with E-state index in [1.807, 2.05) is 35.2 Å². The summed E-state index contributed by atoms with van der Waals surface area (Å²) in [6, 6.07) is 14.1. The molecule has 3 atom stereocenters. The fourth-order valence-corrected chi connectivity index (χ4v) is 5.22. The van der Waals surface area contributed by atoms with Crippen LogP contribution in [0.3, 0.4) is 0 Å². The molecule has 3 aliphatic rings. The first-order chi connectivity index (χ1) is 17.7. The third-order valence-electron chi connectivity index (χ3n) is 7.57. The number of amides is 3. The van der Waals surface area contributed by atoms with Crippen LogP contribution in [0.4, 0.5) is 5.69 Å². The van der Waals surface area contributed by atoms with Crippen LogP contribution in [0, 0.1) is 5.92 Å². The van der Waals surface area contributed by atoms with Gasteiger partial charge in [0.2, 0.25) is 17.4 Å². The second-order valence-corrected chi connectivity index (χ2v) is 10.3. The molecule has 2 aromatic rings. The Labute approximate surface area is 215 Å². The molecule has 2 aliphatic carbocycles. The molecule has 1 saturated heterocycles. The molecule has 1 aliphatic heterocycles. The number of carbonyl (C=O) groups excluding carboxylic acids is 4. The van der Waals surface area contributed by atoms with Gasteiger partial charge in [-0.3, -0.25) is 19.2 Å². The molecule has 1 spiro atoms. The number of Topliss-reactive ketones (excluding diaryl/α,β-unsaturated/α-hetero) is 1. The largest absolute Gasteiger partial charge is 0.334 e. The number of ketones is 1. The average molecular weight is 505 g/mol. The average Bonchev–Trinajstić information content (AvgIpc) is 3.63. The van der Waals surface area contributed by atoms with Crippen molar-refractivity contribution in [2.24, 2.45) is 11.7 Å². The van der Waals surface area contributed by atoms with Gasteiger partial charge in [-0.05, 0) is 55.9 Å². The van der Waals surface area contributed by atoms with Crippen molar-refractivity contribution < 1.29 is 23.9 Å². The fourth-order valence-electron chi connectivity index (χ4n) is 5.22. The summed E-state index contributed by atoms with van der Waals surface area (Å²) in [5, 5.41) is 2.71. The number of fused-ring (bicyclic) bond motifs is 2. The van der Waals surface area contributed by atoms with Gasteiger partial charge >= 0.3 is 0 Å². The van der Waals surface area contributed by atoms with Crippen LogP contribution < -0.4 is 11.1 Å². The zero-order valence-electron chi connectivity index (χ0n) is 21.1. The van der Waals surface area contributed by atoms with E-state index in [1.54, 1.807) is 25.1 Å². The summed E-state index contributed by atoms with van der Waals surface area (Å²) in [4.78, 5) is 55.4. The van der Waals surface area contributed by atoms with E-state index in [0.29, 0.717) is 29.3 Å². The molecule has 0 aromatic heterocycles. The number of nitrogens with one attached hydrogen (secondary N) is 1. The lowest BCUT2D eigenvalue weighted by molar-refractivity contribution is -0.149. The van der Waals surface area contributed by atoms with E-state index >= 15 is 0 Å². The first kappa shape index (κ1) is 25.1. The fraction of sp³-hybridized carbons (Fsp3) is 0.429. The quantitative estimate of drug-likeness (QED) is 0.530. The Morgan fingerprint density at radius 3 is 2.57 bits per heavy atom. The van der Waals surface area contributed by atoms with Crippen LogP contribution in [-0.4, -0.2) is 58.7 Å². The second-order valence-electron chi connectivity index (χ2n) is 10.3. The monoisotopic (exact) mass is 504 g/mol. The number of hydrogen-bond donors (Lipinski definition) is 2. The molecule has 5 rings (SSSR count). The zero-order chi connectivity index (χ0) is 26.3. The van der Waals surface area contributed by atoms with Gasteiger partial charge in [-0.2, -0.15) is 0 Å². The predicted octanol–water partition coefficient (Wildman–Crippen LogP) is 1.94. The van der Waals surface area contributed by atoms with E-state index in [0.717, 1.165) is 18.4 Å². The Hall–Kier alpha value is -3.56. The standard InChI is InChI=1S/C28H32N4O5/c1-17(29)26(35)30-22-10-11-23-21(12-22)13-24(33)28(23)27(36)31(16-37-28)15-25(34)32(18(2)20-8-9-20)14-19-6-4-3-5-7-19/h3-7,10-12,17-18,20H,8-9,13-16,29H2,1-2H3,(H,30,35)/t17-,18-,28?/m0/s1. The summed E-state index contributed by atoms with van der Waals surface area (Å²) in [6.45, 7) is 3.80. The van der Waals surface area contributed by atoms with Gasteiger partial charge in [-0.25, -0.2) is 0 Å². The van der Waals surface area contributed by atoms with E-state index in [2.05, 4.69) is 12.2 Å². The predicted molar refractivity (Wildman–Crippen MR) is 136 cm³/mol. The molecular formula is C28H32N4O5. The summed E-state index contributed by atoms with van der Waals surface area (Å²) in [7, 11) is 0. The zero-order valence-corrected chi connectivity index (χ0v) is 21.1. The highest BCUT2D eigenvalue weighted by Crippen LogP contribution is 2.43. The van der Waals surface area contributed by atoms with Crippen LogP contribution >= 0.6 is 0 Å². The number of hydrogen-bond acceptors (Lipinski definition) is 6. The van der Waals surface area contributed by atoms with Crippen molar-refractivity contribution in [1.82, 2.24) is 9.80 Å². The van der Waals surface area contributed by atoms with Crippen LogP contribution in [0.2, 0.25) is 0 Å². The topological polar surface area (TPSA) is 122 Å². The minimum Gasteiger partial charge on any atom is -0.334 e. The number of anilines is 1. The van der Waals surface area contributed by atoms with Crippen molar-refractivity contribution in [2.45, 2.75) is 57.3 Å². The molecule has 9 nitrogen and oxygen atoms in total. The Bertz CT molecular complexity index is 1240. The van der Waals surface area contributed by atoms with Gasteiger partial charge in [0.25, 0.3) is 5.91 Å². The summed E-state index contributed by atoms with van der Waals surface area (Å²) in [5.74, 6) is -0.944. The highest BCUT2D eigenvalue weighted by Gasteiger charge is 2.59. The molecule has 2 fully saturated rings. The molecule has 0 radical (unpaired) electrons. The minimum atomic E-state index is -1.74. The summed E-state index contributed by atoms with van der Waals surface area (Å²) >= 11 is 0. The lowest BCUT2D eigenvalue weighted by Crippen LogP contribution is -2.48. The Morgan fingerprint density at radius 1 is 1.16 bits per heavy atom. The van der Waals surface area contributed by atoms with Crippen molar-refractivity contribution in [1.29, 1.82) is 0 Å². The molecule has 1 unspecified atom stereocenters. The van der Waals surface area contributed by atoms with Crippen molar-refractivity contribution in [3.05, 3.63) is 65.2 Å². The highest BCUT2D eigenvalue weighted by molar-refractivity contribution is 6.15. The van der Waals surface area contributed by atoms with Crippen molar-refractivity contribution in [3.8, 4) is 0 Å². The van der Waals surface area contributed by atoms with Gasteiger partial charge < -0.3 is 25.6 Å². The van der Waals surface area contributed by atoms with Crippen LogP contribution in [0.15, 0.2) is 48.5 Å². The van der Waals surface area contributed by atoms with Gasteiger partial charge in [0, 0.05) is 30.3 Å². The van der Waals surface area contributed by atoms with E-state index in [1.165, 1.54) is 4.90 Å². The molecule has 2 aromatic carbocycles. The van der Waals surface area contributed by atoms with Gasteiger partial charge in [0.1, 0.15) is 13.3 Å². The number of nitrogens with zero attached hydrogens (tertiary/aromatic N) is 2. The number of rotatable bonds is 8. The SMILES string of the molecule is C[C@H](N)C(=O)Nc1ccc2c(c1)CC(=O)C21OCN(CC(=O)N(Cc2ccccc2)[C@@H](C)C2CC2)C1=O. The molecule has 3 N–H and O–H groups in total. The summed E-state index contributed by atoms with van der Waals surface area (Å²) in [5.41, 5.74) is 6.47. The minimum absolute atomic E-state index is 0.00357. The van der Waals surface area contributed by atoms with Gasteiger partial charge in [0.05, 0.1) is 6.04 Å². The van der Waals surface area contributed by atoms with Gasteiger partial charge in [-0.1, -0.05) is 36.4 Å². The molecule has 1 heterocycles. The second kappa shape index (κ2) is 9.72. The molecule has 3 amide bonds.